The molecule has 1 unspecified atom stereocenters. The summed E-state index contributed by atoms with van der Waals surface area (Å²) in [5.74, 6) is -0.378. The number of halogens is 1. The highest BCUT2D eigenvalue weighted by Crippen LogP contribution is 2.27. The van der Waals surface area contributed by atoms with Gasteiger partial charge >= 0.3 is 0 Å². The first kappa shape index (κ1) is 15.3. The highest BCUT2D eigenvalue weighted by atomic mass is 19.1. The van der Waals surface area contributed by atoms with Crippen molar-refractivity contribution in [2.24, 2.45) is 0 Å². The molecule has 2 aromatic rings. The number of carbonyl (C=O) groups is 1. The lowest BCUT2D eigenvalue weighted by molar-refractivity contribution is 0.0923. The molecule has 2 aliphatic rings. The predicted octanol–water partition coefficient (Wildman–Crippen LogP) is 2.90. The van der Waals surface area contributed by atoms with E-state index in [2.05, 4.69) is 15.6 Å². The lowest BCUT2D eigenvalue weighted by Gasteiger charge is -2.29. The Morgan fingerprint density at radius 2 is 1.96 bits per heavy atom. The lowest BCUT2D eigenvalue weighted by atomic mass is 9.99. The summed E-state index contributed by atoms with van der Waals surface area (Å²) in [5, 5.41) is 6.69. The van der Waals surface area contributed by atoms with Gasteiger partial charge in [0.05, 0.1) is 11.3 Å². The molecule has 0 spiro atoms. The quantitative estimate of drug-likeness (QED) is 0.912. The van der Waals surface area contributed by atoms with E-state index in [4.69, 9.17) is 0 Å². The minimum Gasteiger partial charge on any atom is -0.349 e. The molecular formula is C19H20FN3O. The zero-order valence-corrected chi connectivity index (χ0v) is 13.3. The fourth-order valence-electron chi connectivity index (χ4n) is 3.79. The van der Waals surface area contributed by atoms with Gasteiger partial charge in [0.2, 0.25) is 0 Å². The Hall–Kier alpha value is -2.27. The van der Waals surface area contributed by atoms with Gasteiger partial charge < -0.3 is 10.6 Å². The Bertz CT molecular complexity index is 735. The number of aromatic nitrogens is 1. The summed E-state index contributed by atoms with van der Waals surface area (Å²) in [5.41, 5.74) is 1.91. The highest BCUT2D eigenvalue weighted by molar-refractivity contribution is 5.94. The van der Waals surface area contributed by atoms with Crippen molar-refractivity contribution in [1.29, 1.82) is 0 Å². The number of hydrogen-bond acceptors (Lipinski definition) is 3. The molecule has 24 heavy (non-hydrogen) atoms. The van der Waals surface area contributed by atoms with Crippen LogP contribution in [0.1, 0.15) is 36.0 Å². The van der Waals surface area contributed by atoms with Crippen LogP contribution in [0, 0.1) is 5.82 Å². The fraction of sp³-hybridized carbons (Fsp3) is 0.368. The summed E-state index contributed by atoms with van der Waals surface area (Å²) in [6, 6.07) is 11.1. The topological polar surface area (TPSA) is 54.0 Å². The molecule has 5 heteroatoms. The Morgan fingerprint density at radius 3 is 2.62 bits per heavy atom. The summed E-state index contributed by atoms with van der Waals surface area (Å²) in [4.78, 5) is 16.7. The Morgan fingerprint density at radius 1 is 1.17 bits per heavy atom. The largest absolute Gasteiger partial charge is 0.349 e. The van der Waals surface area contributed by atoms with Crippen molar-refractivity contribution >= 4 is 5.91 Å². The first-order valence-electron chi connectivity index (χ1n) is 8.46. The SMILES string of the molecule is O=C(NC1C[C@H]2CC[C@@H](C1)N2)c1ccc(-c2cccc(F)c2)nc1. The van der Waals surface area contributed by atoms with Gasteiger partial charge in [0.15, 0.2) is 0 Å². The molecule has 2 aliphatic heterocycles. The Labute approximate surface area is 140 Å². The average Bonchev–Trinajstić information content (AvgIpc) is 2.93. The fourth-order valence-corrected chi connectivity index (χ4v) is 3.79. The number of pyridine rings is 1. The third kappa shape index (κ3) is 3.17. The van der Waals surface area contributed by atoms with Crippen molar-refractivity contribution in [3.8, 4) is 11.3 Å². The molecule has 0 aliphatic carbocycles. The van der Waals surface area contributed by atoms with E-state index in [0.29, 0.717) is 28.9 Å². The van der Waals surface area contributed by atoms with E-state index >= 15 is 0 Å². The van der Waals surface area contributed by atoms with E-state index in [1.807, 2.05) is 0 Å². The second kappa shape index (κ2) is 6.32. The zero-order chi connectivity index (χ0) is 16.5. The van der Waals surface area contributed by atoms with Crippen LogP contribution in [0.5, 0.6) is 0 Å². The second-order valence-corrected chi connectivity index (χ2v) is 6.72. The smallest absolute Gasteiger partial charge is 0.253 e. The average molecular weight is 325 g/mol. The van der Waals surface area contributed by atoms with Gasteiger partial charge in [-0.25, -0.2) is 4.39 Å². The first-order chi connectivity index (χ1) is 11.7. The number of rotatable bonds is 3. The summed E-state index contributed by atoms with van der Waals surface area (Å²) < 4.78 is 13.3. The van der Waals surface area contributed by atoms with Crippen LogP contribution in [0.25, 0.3) is 11.3 Å². The van der Waals surface area contributed by atoms with Crippen molar-refractivity contribution in [3.63, 3.8) is 0 Å². The van der Waals surface area contributed by atoms with Crippen LogP contribution in [0.3, 0.4) is 0 Å². The third-order valence-corrected chi connectivity index (χ3v) is 4.95. The highest BCUT2D eigenvalue weighted by Gasteiger charge is 2.34. The van der Waals surface area contributed by atoms with Crippen LogP contribution in [0.4, 0.5) is 4.39 Å². The number of amides is 1. The van der Waals surface area contributed by atoms with Crippen molar-refractivity contribution in [3.05, 3.63) is 54.0 Å². The minimum absolute atomic E-state index is 0.0837. The molecule has 3 heterocycles. The van der Waals surface area contributed by atoms with Crippen molar-refractivity contribution in [2.75, 3.05) is 0 Å². The minimum atomic E-state index is -0.295. The first-order valence-corrected chi connectivity index (χ1v) is 8.46. The van der Waals surface area contributed by atoms with Gasteiger partial charge in [0, 0.05) is 29.9 Å². The molecule has 1 aromatic heterocycles. The van der Waals surface area contributed by atoms with Gasteiger partial charge in [-0.2, -0.15) is 0 Å². The summed E-state index contributed by atoms with van der Waals surface area (Å²) in [6.45, 7) is 0. The van der Waals surface area contributed by atoms with Crippen molar-refractivity contribution < 1.29 is 9.18 Å². The van der Waals surface area contributed by atoms with Crippen LogP contribution in [0.2, 0.25) is 0 Å². The van der Waals surface area contributed by atoms with E-state index in [0.717, 1.165) is 12.8 Å². The maximum absolute atomic E-state index is 13.3. The Kier molecular flexibility index (Phi) is 4.02. The van der Waals surface area contributed by atoms with Gasteiger partial charge in [0.1, 0.15) is 5.82 Å². The number of carbonyl (C=O) groups excluding carboxylic acids is 1. The van der Waals surface area contributed by atoms with Crippen molar-refractivity contribution in [1.82, 2.24) is 15.6 Å². The van der Waals surface area contributed by atoms with Crippen molar-refractivity contribution in [2.45, 2.75) is 43.8 Å². The third-order valence-electron chi connectivity index (χ3n) is 4.95. The van der Waals surface area contributed by atoms with E-state index < -0.39 is 0 Å². The molecule has 2 N–H and O–H groups in total. The number of benzene rings is 1. The van der Waals surface area contributed by atoms with E-state index in [1.54, 1.807) is 30.5 Å². The van der Waals surface area contributed by atoms with Gasteiger partial charge in [-0.3, -0.25) is 9.78 Å². The van der Waals surface area contributed by atoms with E-state index in [1.165, 1.54) is 25.0 Å². The predicted molar refractivity (Wildman–Crippen MR) is 90.1 cm³/mol. The molecule has 0 radical (unpaired) electrons. The molecule has 4 nitrogen and oxygen atoms in total. The number of hydrogen-bond donors (Lipinski definition) is 2. The summed E-state index contributed by atoms with van der Waals surface area (Å²) >= 11 is 0. The van der Waals surface area contributed by atoms with Gasteiger partial charge in [-0.1, -0.05) is 12.1 Å². The molecule has 3 atom stereocenters. The molecule has 1 amide bonds. The monoisotopic (exact) mass is 325 g/mol. The molecule has 1 aromatic carbocycles. The second-order valence-electron chi connectivity index (χ2n) is 6.72. The molecule has 0 saturated carbocycles. The molecule has 2 saturated heterocycles. The van der Waals surface area contributed by atoms with E-state index in [-0.39, 0.29) is 17.8 Å². The normalized spacial score (nSPS) is 25.5. The van der Waals surface area contributed by atoms with Crippen LogP contribution >= 0.6 is 0 Å². The van der Waals surface area contributed by atoms with Gasteiger partial charge in [0.25, 0.3) is 5.91 Å². The number of nitrogens with zero attached hydrogens (tertiary/aromatic N) is 1. The molecule has 2 bridgehead atoms. The standard InChI is InChI=1S/C19H20FN3O/c20-14-3-1-2-12(8-14)18-7-4-13(11-21-18)19(24)23-17-9-15-5-6-16(10-17)22-15/h1-4,7-8,11,15-17,22H,5-6,9-10H2,(H,23,24)/t15-,16+,17?. The maximum Gasteiger partial charge on any atom is 0.253 e. The molecule has 124 valence electrons. The molecule has 4 rings (SSSR count). The van der Waals surface area contributed by atoms with Crippen LogP contribution in [-0.4, -0.2) is 29.0 Å². The number of piperidine rings is 1. The van der Waals surface area contributed by atoms with E-state index in [9.17, 15) is 9.18 Å². The van der Waals surface area contributed by atoms with Crippen LogP contribution in [-0.2, 0) is 0 Å². The molecule has 2 fully saturated rings. The zero-order valence-electron chi connectivity index (χ0n) is 13.3. The number of fused-ring (bicyclic) bond motifs is 2. The maximum atomic E-state index is 13.3. The van der Waals surface area contributed by atoms with Crippen LogP contribution in [0.15, 0.2) is 42.6 Å². The summed E-state index contributed by atoms with van der Waals surface area (Å²) in [6.07, 6.45) is 5.97. The summed E-state index contributed by atoms with van der Waals surface area (Å²) in [7, 11) is 0. The molecular weight excluding hydrogens is 305 g/mol. The van der Waals surface area contributed by atoms with Gasteiger partial charge in [-0.05, 0) is 49.9 Å². The Balaban J connectivity index is 1.43. The van der Waals surface area contributed by atoms with Gasteiger partial charge in [-0.15, -0.1) is 0 Å². The lowest BCUT2D eigenvalue weighted by Crippen LogP contribution is -2.48. The van der Waals surface area contributed by atoms with Crippen LogP contribution < -0.4 is 10.6 Å². The number of nitrogens with one attached hydrogen (secondary N) is 2.